The third-order valence-electron chi connectivity index (χ3n) is 4.71. The van der Waals surface area contributed by atoms with Crippen molar-refractivity contribution in [3.8, 4) is 0 Å². The van der Waals surface area contributed by atoms with Crippen molar-refractivity contribution in [1.29, 1.82) is 0 Å². The van der Waals surface area contributed by atoms with Crippen LogP contribution in [0.2, 0.25) is 5.02 Å². The minimum Gasteiger partial charge on any atom is -0.355 e. The molecular formula is C20H23ClN2O3S. The molecule has 0 aromatic heterocycles. The van der Waals surface area contributed by atoms with E-state index in [4.69, 9.17) is 11.6 Å². The topological polar surface area (TPSA) is 66.5 Å². The first kappa shape index (κ1) is 19.9. The third-order valence-corrected chi connectivity index (χ3v) is 6.89. The molecule has 1 N–H and O–H groups in total. The van der Waals surface area contributed by atoms with Gasteiger partial charge in [-0.3, -0.25) is 4.79 Å². The van der Waals surface area contributed by atoms with Gasteiger partial charge >= 0.3 is 0 Å². The van der Waals surface area contributed by atoms with E-state index in [1.165, 1.54) is 16.4 Å². The second-order valence-electron chi connectivity index (χ2n) is 6.61. The third kappa shape index (κ3) is 4.89. The molecule has 144 valence electrons. The van der Waals surface area contributed by atoms with Gasteiger partial charge in [0.15, 0.2) is 0 Å². The average molecular weight is 407 g/mol. The molecule has 2 aromatic carbocycles. The van der Waals surface area contributed by atoms with Crippen LogP contribution in [0.25, 0.3) is 0 Å². The second-order valence-corrected chi connectivity index (χ2v) is 8.93. The molecular weight excluding hydrogens is 384 g/mol. The number of benzene rings is 2. The Morgan fingerprint density at radius 1 is 1.07 bits per heavy atom. The van der Waals surface area contributed by atoms with Crippen molar-refractivity contribution < 1.29 is 13.2 Å². The van der Waals surface area contributed by atoms with Crippen LogP contribution in [0.1, 0.15) is 24.8 Å². The Morgan fingerprint density at radius 3 is 2.44 bits per heavy atom. The number of nitrogens with one attached hydrogen (secondary N) is 1. The fourth-order valence-electron chi connectivity index (χ4n) is 3.30. The standard InChI is InChI=1S/C20H23ClN2O3S/c21-17-10-12-18(13-11-17)27(25,26)23(19-9-4-14-22-20(19)24)15-5-8-16-6-2-1-3-7-16/h1-3,6-7,10-13,19H,4-5,8-9,14-15H2,(H,22,24). The molecule has 1 unspecified atom stereocenters. The SMILES string of the molecule is O=C1NCCCC1N(CCCc1ccccc1)S(=O)(=O)c1ccc(Cl)cc1. The van der Waals surface area contributed by atoms with Crippen LogP contribution < -0.4 is 5.32 Å². The largest absolute Gasteiger partial charge is 0.355 e. The molecule has 0 bridgehead atoms. The number of amides is 1. The number of piperidine rings is 1. The van der Waals surface area contributed by atoms with E-state index in [1.807, 2.05) is 30.3 Å². The molecule has 0 aliphatic carbocycles. The number of carbonyl (C=O) groups is 1. The Morgan fingerprint density at radius 2 is 1.78 bits per heavy atom. The van der Waals surface area contributed by atoms with Crippen LogP contribution in [0, 0.1) is 0 Å². The summed E-state index contributed by atoms with van der Waals surface area (Å²) in [4.78, 5) is 12.5. The number of nitrogens with zero attached hydrogens (tertiary/aromatic N) is 1. The molecule has 0 radical (unpaired) electrons. The van der Waals surface area contributed by atoms with E-state index in [-0.39, 0.29) is 17.3 Å². The smallest absolute Gasteiger partial charge is 0.243 e. The van der Waals surface area contributed by atoms with Gasteiger partial charge in [0.25, 0.3) is 0 Å². The minimum atomic E-state index is -3.79. The van der Waals surface area contributed by atoms with E-state index in [1.54, 1.807) is 12.1 Å². The first-order valence-electron chi connectivity index (χ1n) is 9.07. The summed E-state index contributed by atoms with van der Waals surface area (Å²) in [7, 11) is -3.79. The number of sulfonamides is 1. The zero-order valence-corrected chi connectivity index (χ0v) is 16.5. The van der Waals surface area contributed by atoms with Crippen LogP contribution in [-0.2, 0) is 21.2 Å². The van der Waals surface area contributed by atoms with Gasteiger partial charge in [-0.1, -0.05) is 41.9 Å². The molecule has 0 saturated carbocycles. The summed E-state index contributed by atoms with van der Waals surface area (Å²) < 4.78 is 27.8. The Bertz CT molecular complexity index is 870. The molecule has 1 aliphatic rings. The van der Waals surface area contributed by atoms with Crippen LogP contribution in [0.4, 0.5) is 0 Å². The van der Waals surface area contributed by atoms with Crippen LogP contribution in [0.3, 0.4) is 0 Å². The molecule has 1 heterocycles. The molecule has 1 fully saturated rings. The highest BCUT2D eigenvalue weighted by Crippen LogP contribution is 2.24. The Balaban J connectivity index is 1.82. The van der Waals surface area contributed by atoms with Gasteiger partial charge in [0.2, 0.25) is 15.9 Å². The van der Waals surface area contributed by atoms with Crippen molar-refractivity contribution in [2.24, 2.45) is 0 Å². The first-order valence-corrected chi connectivity index (χ1v) is 10.9. The number of hydrogen-bond donors (Lipinski definition) is 1. The molecule has 0 spiro atoms. The number of aryl methyl sites for hydroxylation is 1. The van der Waals surface area contributed by atoms with Gasteiger partial charge in [0, 0.05) is 18.1 Å². The van der Waals surface area contributed by atoms with Gasteiger partial charge in [0.05, 0.1) is 4.90 Å². The number of carbonyl (C=O) groups excluding carboxylic acids is 1. The van der Waals surface area contributed by atoms with Crippen molar-refractivity contribution in [3.05, 3.63) is 65.2 Å². The number of hydrogen-bond acceptors (Lipinski definition) is 3. The molecule has 1 saturated heterocycles. The predicted octanol–water partition coefficient (Wildman–Crippen LogP) is 3.24. The van der Waals surface area contributed by atoms with Gasteiger partial charge in [-0.05, 0) is 55.5 Å². The lowest BCUT2D eigenvalue weighted by molar-refractivity contribution is -0.126. The van der Waals surface area contributed by atoms with Gasteiger partial charge in [-0.25, -0.2) is 8.42 Å². The fourth-order valence-corrected chi connectivity index (χ4v) is 5.08. The van der Waals surface area contributed by atoms with E-state index in [9.17, 15) is 13.2 Å². The van der Waals surface area contributed by atoms with Crippen molar-refractivity contribution in [2.75, 3.05) is 13.1 Å². The summed E-state index contributed by atoms with van der Waals surface area (Å²) in [6, 6.07) is 15.3. The zero-order chi connectivity index (χ0) is 19.3. The minimum absolute atomic E-state index is 0.157. The average Bonchev–Trinajstić information content (AvgIpc) is 2.67. The number of halogens is 1. The second kappa shape index (κ2) is 8.87. The number of rotatable bonds is 7. The quantitative estimate of drug-likeness (QED) is 0.767. The predicted molar refractivity (Wildman–Crippen MR) is 106 cm³/mol. The maximum atomic E-state index is 13.2. The zero-order valence-electron chi connectivity index (χ0n) is 15.0. The Kier molecular flexibility index (Phi) is 6.52. The molecule has 27 heavy (non-hydrogen) atoms. The van der Waals surface area contributed by atoms with Gasteiger partial charge in [-0.2, -0.15) is 4.31 Å². The molecule has 5 nitrogen and oxygen atoms in total. The maximum absolute atomic E-state index is 13.2. The van der Waals surface area contributed by atoms with Crippen molar-refractivity contribution in [1.82, 2.24) is 9.62 Å². The highest BCUT2D eigenvalue weighted by molar-refractivity contribution is 7.89. The van der Waals surface area contributed by atoms with Crippen molar-refractivity contribution in [3.63, 3.8) is 0 Å². The molecule has 7 heteroatoms. The Hall–Kier alpha value is -1.89. The molecule has 3 rings (SSSR count). The summed E-state index contributed by atoms with van der Waals surface area (Å²) in [6.45, 7) is 0.881. The lowest BCUT2D eigenvalue weighted by Crippen LogP contribution is -2.52. The van der Waals surface area contributed by atoms with Crippen LogP contribution in [0.5, 0.6) is 0 Å². The van der Waals surface area contributed by atoms with Crippen molar-refractivity contribution in [2.45, 2.75) is 36.6 Å². The van der Waals surface area contributed by atoms with E-state index in [2.05, 4.69) is 5.32 Å². The monoisotopic (exact) mass is 406 g/mol. The van der Waals surface area contributed by atoms with Crippen LogP contribution >= 0.6 is 11.6 Å². The lowest BCUT2D eigenvalue weighted by atomic mass is 10.1. The van der Waals surface area contributed by atoms with Gasteiger partial charge < -0.3 is 5.32 Å². The lowest BCUT2D eigenvalue weighted by Gasteiger charge is -2.32. The summed E-state index contributed by atoms with van der Waals surface area (Å²) in [5.74, 6) is -0.224. The van der Waals surface area contributed by atoms with E-state index in [0.717, 1.165) is 18.4 Å². The van der Waals surface area contributed by atoms with E-state index in [0.29, 0.717) is 24.4 Å². The normalized spacial score (nSPS) is 17.7. The molecule has 1 amide bonds. The van der Waals surface area contributed by atoms with E-state index >= 15 is 0 Å². The summed E-state index contributed by atoms with van der Waals surface area (Å²) in [5.41, 5.74) is 1.15. The highest BCUT2D eigenvalue weighted by atomic mass is 35.5. The summed E-state index contributed by atoms with van der Waals surface area (Å²) >= 11 is 5.89. The van der Waals surface area contributed by atoms with Crippen molar-refractivity contribution >= 4 is 27.5 Å². The summed E-state index contributed by atoms with van der Waals surface area (Å²) in [5, 5.41) is 3.26. The fraction of sp³-hybridized carbons (Fsp3) is 0.350. The van der Waals surface area contributed by atoms with E-state index < -0.39 is 16.1 Å². The molecule has 1 aliphatic heterocycles. The van der Waals surface area contributed by atoms with Gasteiger partial charge in [0.1, 0.15) is 6.04 Å². The van der Waals surface area contributed by atoms with Gasteiger partial charge in [-0.15, -0.1) is 0 Å². The first-order chi connectivity index (χ1) is 13.0. The molecule has 1 atom stereocenters. The van der Waals surface area contributed by atoms with Crippen LogP contribution in [0.15, 0.2) is 59.5 Å². The van der Waals surface area contributed by atoms with Crippen LogP contribution in [-0.4, -0.2) is 37.8 Å². The maximum Gasteiger partial charge on any atom is 0.243 e. The molecule has 2 aromatic rings. The highest BCUT2D eigenvalue weighted by Gasteiger charge is 2.36. The Labute approximate surface area is 165 Å². The summed E-state index contributed by atoms with van der Waals surface area (Å²) in [6.07, 6.45) is 2.69.